The molecule has 2 aromatic carbocycles. The minimum absolute atomic E-state index is 0.0522. The van der Waals surface area contributed by atoms with E-state index in [1.165, 1.54) is 48.9 Å². The largest absolute Gasteiger partial charge is 0.481 e. The second-order valence-electron chi connectivity index (χ2n) is 8.73. The fourth-order valence-corrected chi connectivity index (χ4v) is 4.64. The Morgan fingerprint density at radius 1 is 0.933 bits per heavy atom. The Kier molecular flexibility index (Phi) is 6.61. The highest BCUT2D eigenvalue weighted by Gasteiger charge is 2.21. The molecule has 30 heavy (non-hydrogen) atoms. The van der Waals surface area contributed by atoms with Gasteiger partial charge in [0.1, 0.15) is 5.75 Å². The Labute approximate surface area is 180 Å². The molecule has 2 aliphatic rings. The van der Waals surface area contributed by atoms with Gasteiger partial charge in [-0.1, -0.05) is 24.3 Å². The van der Waals surface area contributed by atoms with Crippen LogP contribution in [-0.2, 0) is 17.6 Å². The number of ether oxygens (including phenoxy) is 1. The highest BCUT2D eigenvalue weighted by molar-refractivity contribution is 5.81. The molecule has 1 N–H and O–H groups in total. The van der Waals surface area contributed by atoms with E-state index < -0.39 is 6.10 Å². The number of benzene rings is 2. The summed E-state index contributed by atoms with van der Waals surface area (Å²) in [6.07, 6.45) is 7.95. The van der Waals surface area contributed by atoms with Crippen molar-refractivity contribution in [3.05, 3.63) is 59.2 Å². The molecule has 1 fully saturated rings. The molecule has 1 amide bonds. The Bertz CT molecular complexity index is 856. The number of hydrogen-bond donors (Lipinski definition) is 1. The summed E-state index contributed by atoms with van der Waals surface area (Å²) in [5, 5.41) is 3.12. The van der Waals surface area contributed by atoms with Crippen molar-refractivity contribution >= 4 is 11.6 Å². The average molecular weight is 407 g/mol. The van der Waals surface area contributed by atoms with Crippen LogP contribution < -0.4 is 15.0 Å². The fraction of sp³-hybridized carbons (Fsp3) is 0.500. The number of hydrogen-bond acceptors (Lipinski definition) is 3. The van der Waals surface area contributed by atoms with Crippen LogP contribution in [0.3, 0.4) is 0 Å². The molecule has 4 rings (SSSR count). The molecule has 0 unspecified atom stereocenters. The summed E-state index contributed by atoms with van der Waals surface area (Å²) < 4.78 is 6.09. The summed E-state index contributed by atoms with van der Waals surface area (Å²) in [6.45, 7) is 6.15. The van der Waals surface area contributed by atoms with Crippen LogP contribution in [0.2, 0.25) is 0 Å². The SMILES string of the molecule is C[C@H](Oc1cccc2c1CCCC2)C(=O)N[C@@H](C)c1ccc(N2CCCCC2)cc1. The molecule has 4 nitrogen and oxygen atoms in total. The first-order valence-corrected chi connectivity index (χ1v) is 11.5. The lowest BCUT2D eigenvalue weighted by atomic mass is 9.91. The molecule has 1 aliphatic heterocycles. The molecule has 1 heterocycles. The number of amides is 1. The van der Waals surface area contributed by atoms with Gasteiger partial charge in [-0.2, -0.15) is 0 Å². The molecule has 2 aromatic rings. The van der Waals surface area contributed by atoms with Crippen LogP contribution in [0.5, 0.6) is 5.75 Å². The number of carbonyl (C=O) groups excluding carboxylic acids is 1. The van der Waals surface area contributed by atoms with Crippen molar-refractivity contribution < 1.29 is 9.53 Å². The number of aryl methyl sites for hydroxylation is 1. The quantitative estimate of drug-likeness (QED) is 0.717. The molecule has 2 atom stereocenters. The highest BCUT2D eigenvalue weighted by Crippen LogP contribution is 2.30. The molecule has 0 bridgehead atoms. The smallest absolute Gasteiger partial charge is 0.261 e. The average Bonchev–Trinajstić information content (AvgIpc) is 2.80. The van der Waals surface area contributed by atoms with Crippen molar-refractivity contribution in [1.82, 2.24) is 5.32 Å². The third kappa shape index (κ3) is 4.80. The molecule has 0 aromatic heterocycles. The Morgan fingerprint density at radius 3 is 2.43 bits per heavy atom. The lowest BCUT2D eigenvalue weighted by Gasteiger charge is -2.29. The van der Waals surface area contributed by atoms with Crippen molar-refractivity contribution in [1.29, 1.82) is 0 Å². The van der Waals surface area contributed by atoms with Crippen LogP contribution in [0, 0.1) is 0 Å². The van der Waals surface area contributed by atoms with Crippen LogP contribution in [0.15, 0.2) is 42.5 Å². The molecule has 1 aliphatic carbocycles. The van der Waals surface area contributed by atoms with Crippen molar-refractivity contribution in [2.45, 2.75) is 70.9 Å². The Hall–Kier alpha value is -2.49. The van der Waals surface area contributed by atoms with Crippen LogP contribution in [0.1, 0.15) is 68.7 Å². The van der Waals surface area contributed by atoms with Gasteiger partial charge in [0.25, 0.3) is 5.91 Å². The van der Waals surface area contributed by atoms with E-state index in [0.717, 1.165) is 37.2 Å². The fourth-order valence-electron chi connectivity index (χ4n) is 4.64. The van der Waals surface area contributed by atoms with Gasteiger partial charge in [-0.05, 0) is 93.7 Å². The number of rotatable bonds is 6. The second kappa shape index (κ2) is 9.55. The van der Waals surface area contributed by atoms with Gasteiger partial charge in [-0.15, -0.1) is 0 Å². The van der Waals surface area contributed by atoms with E-state index in [4.69, 9.17) is 4.74 Å². The van der Waals surface area contributed by atoms with E-state index in [1.54, 1.807) is 0 Å². The van der Waals surface area contributed by atoms with Gasteiger partial charge in [-0.25, -0.2) is 0 Å². The molecular weight excluding hydrogens is 372 g/mol. The maximum atomic E-state index is 12.8. The van der Waals surface area contributed by atoms with Gasteiger partial charge in [0.2, 0.25) is 0 Å². The standard InChI is InChI=1S/C26H34N2O2/c1-19(21-13-15-23(16-14-21)28-17-6-3-7-18-28)27-26(29)20(2)30-25-12-8-10-22-9-4-5-11-24(22)25/h8,10,12-16,19-20H,3-7,9,11,17-18H2,1-2H3,(H,27,29)/t19-,20-/m0/s1. The minimum Gasteiger partial charge on any atom is -0.481 e. The summed E-state index contributed by atoms with van der Waals surface area (Å²) in [7, 11) is 0. The Morgan fingerprint density at radius 2 is 1.67 bits per heavy atom. The zero-order chi connectivity index (χ0) is 20.9. The summed E-state index contributed by atoms with van der Waals surface area (Å²) in [5.74, 6) is 0.796. The summed E-state index contributed by atoms with van der Waals surface area (Å²) in [4.78, 5) is 15.2. The van der Waals surface area contributed by atoms with Crippen molar-refractivity contribution in [2.75, 3.05) is 18.0 Å². The van der Waals surface area contributed by atoms with E-state index in [0.29, 0.717) is 0 Å². The van der Waals surface area contributed by atoms with Crippen LogP contribution >= 0.6 is 0 Å². The Balaban J connectivity index is 1.35. The van der Waals surface area contributed by atoms with E-state index in [-0.39, 0.29) is 11.9 Å². The molecule has 0 spiro atoms. The van der Waals surface area contributed by atoms with E-state index in [2.05, 4.69) is 40.5 Å². The monoisotopic (exact) mass is 406 g/mol. The first-order valence-electron chi connectivity index (χ1n) is 11.5. The lowest BCUT2D eigenvalue weighted by molar-refractivity contribution is -0.127. The van der Waals surface area contributed by atoms with Gasteiger partial charge >= 0.3 is 0 Å². The third-order valence-electron chi connectivity index (χ3n) is 6.50. The normalized spacial score (nSPS) is 18.3. The zero-order valence-electron chi connectivity index (χ0n) is 18.3. The maximum Gasteiger partial charge on any atom is 0.261 e. The number of nitrogens with zero attached hydrogens (tertiary/aromatic N) is 1. The van der Waals surface area contributed by atoms with E-state index >= 15 is 0 Å². The third-order valence-corrected chi connectivity index (χ3v) is 6.50. The van der Waals surface area contributed by atoms with Crippen LogP contribution in [0.4, 0.5) is 5.69 Å². The van der Waals surface area contributed by atoms with Gasteiger partial charge < -0.3 is 15.0 Å². The number of anilines is 1. The van der Waals surface area contributed by atoms with Crippen molar-refractivity contribution in [3.8, 4) is 5.75 Å². The molecule has 0 saturated carbocycles. The minimum atomic E-state index is -0.520. The number of carbonyl (C=O) groups is 1. The predicted octanol–water partition coefficient (Wildman–Crippen LogP) is 5.20. The summed E-state index contributed by atoms with van der Waals surface area (Å²) >= 11 is 0. The number of fused-ring (bicyclic) bond motifs is 1. The predicted molar refractivity (Wildman–Crippen MR) is 122 cm³/mol. The van der Waals surface area contributed by atoms with Crippen molar-refractivity contribution in [2.24, 2.45) is 0 Å². The van der Waals surface area contributed by atoms with Gasteiger partial charge in [-0.3, -0.25) is 4.79 Å². The molecule has 4 heteroatoms. The molecule has 1 saturated heterocycles. The van der Waals surface area contributed by atoms with Gasteiger partial charge in [0, 0.05) is 18.8 Å². The van der Waals surface area contributed by atoms with Crippen molar-refractivity contribution in [3.63, 3.8) is 0 Å². The van der Waals surface area contributed by atoms with Crippen LogP contribution in [0.25, 0.3) is 0 Å². The molecular formula is C26H34N2O2. The van der Waals surface area contributed by atoms with Crippen LogP contribution in [-0.4, -0.2) is 25.1 Å². The number of nitrogens with one attached hydrogen (secondary N) is 1. The van der Waals surface area contributed by atoms with Gasteiger partial charge in [0.15, 0.2) is 6.10 Å². The van der Waals surface area contributed by atoms with E-state index in [9.17, 15) is 4.79 Å². The molecule has 160 valence electrons. The first kappa shape index (κ1) is 20.8. The highest BCUT2D eigenvalue weighted by atomic mass is 16.5. The summed E-state index contributed by atoms with van der Waals surface area (Å²) in [6, 6.07) is 14.8. The number of piperidine rings is 1. The van der Waals surface area contributed by atoms with Gasteiger partial charge in [0.05, 0.1) is 6.04 Å². The first-order chi connectivity index (χ1) is 14.6. The zero-order valence-corrected chi connectivity index (χ0v) is 18.3. The second-order valence-corrected chi connectivity index (χ2v) is 8.73. The van der Waals surface area contributed by atoms with E-state index in [1.807, 2.05) is 26.0 Å². The topological polar surface area (TPSA) is 41.6 Å². The molecule has 0 radical (unpaired) electrons. The lowest BCUT2D eigenvalue weighted by Crippen LogP contribution is -2.38. The maximum absolute atomic E-state index is 12.8. The summed E-state index contributed by atoms with van der Waals surface area (Å²) in [5.41, 5.74) is 5.05.